The molecule has 1 aliphatic rings. The molecule has 7 heteroatoms. The van der Waals surface area contributed by atoms with E-state index in [1.165, 1.54) is 0 Å². The van der Waals surface area contributed by atoms with Crippen LogP contribution < -0.4 is 4.72 Å². The van der Waals surface area contributed by atoms with Crippen LogP contribution in [-0.4, -0.2) is 44.6 Å². The van der Waals surface area contributed by atoms with Gasteiger partial charge in [0.1, 0.15) is 0 Å². The molecule has 6 nitrogen and oxygen atoms in total. The Balaban J connectivity index is 2.25. The van der Waals surface area contributed by atoms with Crippen molar-refractivity contribution in [2.45, 2.75) is 19.3 Å². The second-order valence-electron chi connectivity index (χ2n) is 3.65. The van der Waals surface area contributed by atoms with Crippen LogP contribution in [-0.2, 0) is 14.8 Å². The fourth-order valence-corrected chi connectivity index (χ4v) is 2.26. The van der Waals surface area contributed by atoms with Crippen molar-refractivity contribution in [1.82, 2.24) is 9.62 Å². The topological polar surface area (TPSA) is 90.3 Å². The fourth-order valence-electron chi connectivity index (χ4n) is 1.57. The Hall–Kier alpha value is -1.13. The van der Waals surface area contributed by atoms with E-state index in [1.54, 1.807) is 11.0 Å². The Morgan fingerprint density at radius 1 is 1.38 bits per heavy atom. The molecule has 1 saturated heterocycles. The van der Waals surface area contributed by atoms with Crippen molar-refractivity contribution in [3.05, 3.63) is 0 Å². The maximum Gasteiger partial charge on any atom is 0.225 e. The van der Waals surface area contributed by atoms with Crippen LogP contribution in [0.3, 0.4) is 0 Å². The molecule has 0 aromatic rings. The first kappa shape index (κ1) is 12.9. The molecule has 1 fully saturated rings. The number of carbonyl (C=O) groups excluding carboxylic acids is 1. The Kier molecular flexibility index (Phi) is 4.71. The van der Waals surface area contributed by atoms with Gasteiger partial charge in [0.25, 0.3) is 0 Å². The second kappa shape index (κ2) is 5.82. The van der Waals surface area contributed by atoms with Crippen molar-refractivity contribution < 1.29 is 13.2 Å². The number of rotatable bonds is 5. The predicted octanol–water partition coefficient (Wildman–Crippen LogP) is -0.558. The molecule has 0 spiro atoms. The lowest BCUT2D eigenvalue weighted by molar-refractivity contribution is -0.129. The van der Waals surface area contributed by atoms with Crippen LogP contribution >= 0.6 is 0 Å². The third kappa shape index (κ3) is 4.16. The highest BCUT2D eigenvalue weighted by atomic mass is 32.2. The molecule has 1 amide bonds. The summed E-state index contributed by atoms with van der Waals surface area (Å²) in [5.74, 6) is -0.595. The van der Waals surface area contributed by atoms with Crippen LogP contribution in [0.1, 0.15) is 19.3 Å². The van der Waals surface area contributed by atoms with Gasteiger partial charge in [-0.1, -0.05) is 0 Å². The number of hydrogen-bond donors (Lipinski definition) is 1. The lowest BCUT2D eigenvalue weighted by atomic mass is 10.4. The van der Waals surface area contributed by atoms with Crippen LogP contribution in [0.15, 0.2) is 0 Å². The molecule has 1 heterocycles. The number of nitriles is 1. The summed E-state index contributed by atoms with van der Waals surface area (Å²) in [6.45, 7) is 1.60. The largest absolute Gasteiger partial charge is 0.343 e. The number of hydrogen-bond acceptors (Lipinski definition) is 4. The lowest BCUT2D eigenvalue weighted by Crippen LogP contribution is -2.33. The van der Waals surface area contributed by atoms with Gasteiger partial charge < -0.3 is 4.90 Å². The monoisotopic (exact) mass is 245 g/mol. The molecule has 0 aliphatic carbocycles. The van der Waals surface area contributed by atoms with Gasteiger partial charge in [-0.05, 0) is 12.8 Å². The van der Waals surface area contributed by atoms with Crippen LogP contribution in [0.5, 0.6) is 0 Å². The highest BCUT2D eigenvalue weighted by Gasteiger charge is 2.18. The van der Waals surface area contributed by atoms with E-state index in [1.807, 2.05) is 0 Å². The molecular formula is C9H15N3O3S. The molecule has 1 aliphatic heterocycles. The molecular weight excluding hydrogens is 230 g/mol. The van der Waals surface area contributed by atoms with Crippen molar-refractivity contribution in [2.24, 2.45) is 0 Å². The summed E-state index contributed by atoms with van der Waals surface area (Å²) in [6, 6.07) is 1.56. The van der Waals surface area contributed by atoms with E-state index in [4.69, 9.17) is 5.26 Å². The number of amides is 1. The van der Waals surface area contributed by atoms with E-state index in [2.05, 4.69) is 4.72 Å². The molecule has 1 rings (SSSR count). The highest BCUT2D eigenvalue weighted by Crippen LogP contribution is 2.08. The van der Waals surface area contributed by atoms with Crippen LogP contribution in [0, 0.1) is 11.3 Å². The standard InChI is InChI=1S/C9H15N3O3S/c10-4-8-16(14,15)11-5-3-9(13)12-6-1-2-7-12/h11H,1-3,5-8H2. The first-order valence-electron chi connectivity index (χ1n) is 5.17. The van der Waals surface area contributed by atoms with Crippen molar-refractivity contribution in [1.29, 1.82) is 5.26 Å². The SMILES string of the molecule is N#CCS(=O)(=O)NCCC(=O)N1CCCC1. The molecule has 0 radical (unpaired) electrons. The summed E-state index contributed by atoms with van der Waals surface area (Å²) in [5, 5.41) is 8.24. The van der Waals surface area contributed by atoms with Crippen LogP contribution in [0.4, 0.5) is 0 Å². The number of nitrogens with zero attached hydrogens (tertiary/aromatic N) is 2. The van der Waals surface area contributed by atoms with E-state index in [9.17, 15) is 13.2 Å². The van der Waals surface area contributed by atoms with E-state index in [0.29, 0.717) is 0 Å². The number of likely N-dealkylation sites (tertiary alicyclic amines) is 1. The average Bonchev–Trinajstić information content (AvgIpc) is 2.69. The zero-order valence-corrected chi connectivity index (χ0v) is 9.79. The van der Waals surface area contributed by atoms with Gasteiger partial charge in [-0.2, -0.15) is 5.26 Å². The second-order valence-corrected chi connectivity index (χ2v) is 5.46. The van der Waals surface area contributed by atoms with Gasteiger partial charge in [-0.15, -0.1) is 0 Å². The summed E-state index contributed by atoms with van der Waals surface area (Å²) < 4.78 is 24.4. The van der Waals surface area contributed by atoms with Gasteiger partial charge in [0.05, 0.1) is 6.07 Å². The molecule has 0 unspecified atom stereocenters. The van der Waals surface area contributed by atoms with E-state index < -0.39 is 15.8 Å². The highest BCUT2D eigenvalue weighted by molar-refractivity contribution is 7.89. The third-order valence-corrected chi connectivity index (χ3v) is 3.53. The zero-order valence-electron chi connectivity index (χ0n) is 8.98. The minimum absolute atomic E-state index is 0.0304. The maximum atomic E-state index is 11.5. The smallest absolute Gasteiger partial charge is 0.225 e. The van der Waals surface area contributed by atoms with E-state index in [-0.39, 0.29) is 18.9 Å². The quantitative estimate of drug-likeness (QED) is 0.703. The molecule has 0 aromatic heterocycles. The Morgan fingerprint density at radius 2 is 2.00 bits per heavy atom. The molecule has 0 atom stereocenters. The first-order valence-corrected chi connectivity index (χ1v) is 6.82. The minimum Gasteiger partial charge on any atom is -0.343 e. The zero-order chi connectivity index (χ0) is 12.0. The fraction of sp³-hybridized carbons (Fsp3) is 0.778. The molecule has 0 bridgehead atoms. The molecule has 90 valence electrons. The van der Waals surface area contributed by atoms with Crippen molar-refractivity contribution in [2.75, 3.05) is 25.4 Å². The molecule has 0 saturated carbocycles. The first-order chi connectivity index (χ1) is 7.55. The Labute approximate surface area is 95.3 Å². The summed E-state index contributed by atoms with van der Waals surface area (Å²) in [6.07, 6.45) is 2.20. The summed E-state index contributed by atoms with van der Waals surface area (Å²) in [4.78, 5) is 13.2. The van der Waals surface area contributed by atoms with Gasteiger partial charge in [-0.25, -0.2) is 13.1 Å². The van der Waals surface area contributed by atoms with Crippen molar-refractivity contribution in [3.8, 4) is 6.07 Å². The Morgan fingerprint density at radius 3 is 2.56 bits per heavy atom. The van der Waals surface area contributed by atoms with Gasteiger partial charge in [0.2, 0.25) is 15.9 Å². The van der Waals surface area contributed by atoms with Crippen molar-refractivity contribution in [3.63, 3.8) is 0 Å². The van der Waals surface area contributed by atoms with Gasteiger partial charge >= 0.3 is 0 Å². The van der Waals surface area contributed by atoms with Gasteiger partial charge in [0.15, 0.2) is 5.75 Å². The minimum atomic E-state index is -3.53. The molecule has 16 heavy (non-hydrogen) atoms. The number of nitrogens with one attached hydrogen (secondary N) is 1. The number of carbonyl (C=O) groups is 1. The van der Waals surface area contributed by atoms with Gasteiger partial charge in [0, 0.05) is 26.1 Å². The predicted molar refractivity (Wildman–Crippen MR) is 57.8 cm³/mol. The molecule has 0 aromatic carbocycles. The summed E-state index contributed by atoms with van der Waals surface area (Å²) in [5.41, 5.74) is 0. The van der Waals surface area contributed by atoms with E-state index >= 15 is 0 Å². The third-order valence-electron chi connectivity index (χ3n) is 2.37. The van der Waals surface area contributed by atoms with Crippen LogP contribution in [0.25, 0.3) is 0 Å². The van der Waals surface area contributed by atoms with E-state index in [0.717, 1.165) is 25.9 Å². The normalized spacial score (nSPS) is 16.1. The lowest BCUT2D eigenvalue weighted by Gasteiger charge is -2.14. The van der Waals surface area contributed by atoms with Crippen molar-refractivity contribution >= 4 is 15.9 Å². The molecule has 1 N–H and O–H groups in total. The summed E-state index contributed by atoms with van der Waals surface area (Å²) >= 11 is 0. The Bertz CT molecular complexity index is 379. The van der Waals surface area contributed by atoms with Gasteiger partial charge in [-0.3, -0.25) is 4.79 Å². The average molecular weight is 245 g/mol. The van der Waals surface area contributed by atoms with Crippen LogP contribution in [0.2, 0.25) is 0 Å². The number of sulfonamides is 1. The maximum absolute atomic E-state index is 11.5. The summed E-state index contributed by atoms with van der Waals surface area (Å²) in [7, 11) is -3.53.